The van der Waals surface area contributed by atoms with Crippen LogP contribution >= 0.6 is 0 Å². The summed E-state index contributed by atoms with van der Waals surface area (Å²) in [5.74, 6) is 0. The van der Waals surface area contributed by atoms with E-state index in [1.807, 2.05) is 0 Å². The predicted octanol–water partition coefficient (Wildman–Crippen LogP) is 15.8. The molecule has 0 bridgehead atoms. The van der Waals surface area contributed by atoms with Gasteiger partial charge in [0.25, 0.3) is 0 Å². The highest BCUT2D eigenvalue weighted by molar-refractivity contribution is 5.79. The topological polar surface area (TPSA) is 80.3 Å². The third-order valence-electron chi connectivity index (χ3n) is 15.7. The summed E-state index contributed by atoms with van der Waals surface area (Å²) in [7, 11) is 0. The van der Waals surface area contributed by atoms with Crippen molar-refractivity contribution in [1.29, 1.82) is 0 Å². The van der Waals surface area contributed by atoms with E-state index in [-0.39, 0.29) is 25.2 Å². The van der Waals surface area contributed by atoms with Crippen molar-refractivity contribution >= 4 is 34.1 Å². The van der Waals surface area contributed by atoms with Crippen molar-refractivity contribution in [2.24, 2.45) is 0 Å². The highest BCUT2D eigenvalue weighted by atomic mass is 16.7. The van der Waals surface area contributed by atoms with Crippen molar-refractivity contribution in [2.45, 2.75) is 169 Å². The van der Waals surface area contributed by atoms with E-state index in [1.54, 1.807) is 0 Å². The average molecular weight is 1030 g/mol. The van der Waals surface area contributed by atoms with Gasteiger partial charge in [0.05, 0.1) is 26.4 Å². The highest BCUT2D eigenvalue weighted by Gasteiger charge is 2.22. The molecule has 0 saturated carbocycles. The van der Waals surface area contributed by atoms with Gasteiger partial charge < -0.3 is 47.7 Å². The number of benzene rings is 6. The summed E-state index contributed by atoms with van der Waals surface area (Å²) in [5.41, 5.74) is 18.7. The lowest BCUT2D eigenvalue weighted by Crippen LogP contribution is -2.22. The van der Waals surface area contributed by atoms with E-state index in [1.165, 1.54) is 55.6 Å². The molecule has 4 unspecified atom stereocenters. The van der Waals surface area contributed by atoms with E-state index >= 15 is 0 Å². The Morgan fingerprint density at radius 1 is 0.329 bits per heavy atom. The quantitative estimate of drug-likeness (QED) is 0.0695. The smallest absolute Gasteiger partial charge is 0.158 e. The van der Waals surface area contributed by atoms with Crippen molar-refractivity contribution in [2.75, 3.05) is 36.2 Å². The summed E-state index contributed by atoms with van der Waals surface area (Å²) in [4.78, 5) is 4.73. The van der Waals surface area contributed by atoms with Crippen LogP contribution in [0.4, 0.5) is 34.1 Å². The fourth-order valence-electron chi connectivity index (χ4n) is 10.8. The van der Waals surface area contributed by atoms with Gasteiger partial charge >= 0.3 is 0 Å². The first-order valence-electron chi connectivity index (χ1n) is 28.4. The van der Waals surface area contributed by atoms with Gasteiger partial charge in [-0.15, -0.1) is 0 Å². The summed E-state index contributed by atoms with van der Waals surface area (Å²) in [6.45, 7) is 14.0. The van der Waals surface area contributed by atoms with Crippen LogP contribution in [0.1, 0.15) is 133 Å². The molecule has 4 fully saturated rings. The van der Waals surface area contributed by atoms with Crippen LogP contribution in [0.25, 0.3) is 0 Å². The molecule has 10 nitrogen and oxygen atoms in total. The first kappa shape index (κ1) is 54.0. The molecule has 6 aromatic rings. The summed E-state index contributed by atoms with van der Waals surface area (Å²) < 4.78 is 48.4. The SMILES string of the molecule is Cc1cc(N(c2ccc(CCc3ccc(N(c4ccc(COC5CCCCO5)c(C)c4)c4ccc(COC5CCCCO5)c(C)c4)cc3)cc2)c2ccc(COC3CCCCO3)c(C)c2)ccc1COC1CCCCO1. The molecule has 10 rings (SSSR count). The zero-order valence-electron chi connectivity index (χ0n) is 45.6. The molecule has 4 aliphatic heterocycles. The number of anilines is 6. The van der Waals surface area contributed by atoms with Crippen LogP contribution in [0.15, 0.2) is 121 Å². The van der Waals surface area contributed by atoms with Crippen LogP contribution in [0.2, 0.25) is 0 Å². The van der Waals surface area contributed by atoms with E-state index in [2.05, 4.69) is 159 Å². The van der Waals surface area contributed by atoms with Gasteiger partial charge in [-0.2, -0.15) is 0 Å². The minimum absolute atomic E-state index is 0.124. The fourth-order valence-corrected chi connectivity index (χ4v) is 10.8. The van der Waals surface area contributed by atoms with Gasteiger partial charge in [0.1, 0.15) is 0 Å². The number of hydrogen-bond acceptors (Lipinski definition) is 10. The molecule has 4 atom stereocenters. The molecule has 10 heteroatoms. The zero-order valence-corrected chi connectivity index (χ0v) is 45.6. The van der Waals surface area contributed by atoms with Crippen molar-refractivity contribution in [3.05, 3.63) is 177 Å². The summed E-state index contributed by atoms with van der Waals surface area (Å²) >= 11 is 0. The van der Waals surface area contributed by atoms with Crippen molar-refractivity contribution in [3.63, 3.8) is 0 Å². The lowest BCUT2D eigenvalue weighted by atomic mass is 10.0. The molecule has 4 saturated heterocycles. The largest absolute Gasteiger partial charge is 0.353 e. The van der Waals surface area contributed by atoms with E-state index in [0.29, 0.717) is 26.4 Å². The number of aryl methyl sites for hydroxylation is 6. The zero-order chi connectivity index (χ0) is 52.1. The monoisotopic (exact) mass is 1030 g/mol. The molecule has 0 radical (unpaired) electrons. The Morgan fingerprint density at radius 3 is 0.803 bits per heavy atom. The molecular formula is C66H80N2O8. The number of ether oxygens (including phenoxy) is 8. The van der Waals surface area contributed by atoms with Gasteiger partial charge in [0, 0.05) is 60.6 Å². The Labute approximate surface area is 452 Å². The molecule has 4 heterocycles. The first-order valence-corrected chi connectivity index (χ1v) is 28.4. The Balaban J connectivity index is 0.850. The van der Waals surface area contributed by atoms with Gasteiger partial charge in [-0.05, 0) is 246 Å². The number of rotatable bonds is 21. The van der Waals surface area contributed by atoms with Crippen molar-refractivity contribution in [3.8, 4) is 0 Å². The van der Waals surface area contributed by atoms with Crippen molar-refractivity contribution < 1.29 is 37.9 Å². The molecule has 0 aliphatic carbocycles. The van der Waals surface area contributed by atoms with Crippen LogP contribution in [0, 0.1) is 27.7 Å². The minimum atomic E-state index is -0.124. The van der Waals surface area contributed by atoms with Gasteiger partial charge in [-0.25, -0.2) is 0 Å². The lowest BCUT2D eigenvalue weighted by molar-refractivity contribution is -0.169. The second-order valence-electron chi connectivity index (χ2n) is 21.4. The van der Waals surface area contributed by atoms with E-state index in [0.717, 1.165) is 150 Å². The molecule has 0 aromatic heterocycles. The molecule has 402 valence electrons. The lowest BCUT2D eigenvalue weighted by Gasteiger charge is -2.28. The minimum Gasteiger partial charge on any atom is -0.353 e. The second kappa shape index (κ2) is 26.8. The van der Waals surface area contributed by atoms with Crippen LogP contribution in [-0.4, -0.2) is 51.6 Å². The van der Waals surface area contributed by atoms with Gasteiger partial charge in [0.15, 0.2) is 25.2 Å². The maximum Gasteiger partial charge on any atom is 0.158 e. The Morgan fingerprint density at radius 2 is 0.579 bits per heavy atom. The highest BCUT2D eigenvalue weighted by Crippen LogP contribution is 2.39. The Bertz CT molecular complexity index is 2440. The Hall–Kier alpha value is -5.40. The molecule has 0 N–H and O–H groups in total. The van der Waals surface area contributed by atoms with Crippen LogP contribution in [0.3, 0.4) is 0 Å². The van der Waals surface area contributed by atoms with Crippen molar-refractivity contribution in [1.82, 2.24) is 0 Å². The summed E-state index contributed by atoms with van der Waals surface area (Å²) in [5, 5.41) is 0. The van der Waals surface area contributed by atoms with E-state index < -0.39 is 0 Å². The van der Waals surface area contributed by atoms with Crippen LogP contribution < -0.4 is 9.80 Å². The molecule has 76 heavy (non-hydrogen) atoms. The molecule has 4 aliphatic rings. The predicted molar refractivity (Wildman–Crippen MR) is 302 cm³/mol. The normalized spacial score (nSPS) is 20.1. The van der Waals surface area contributed by atoms with Gasteiger partial charge in [-0.1, -0.05) is 48.5 Å². The van der Waals surface area contributed by atoms with Crippen LogP contribution in [0.5, 0.6) is 0 Å². The van der Waals surface area contributed by atoms with Gasteiger partial charge in [-0.3, -0.25) is 0 Å². The standard InChI is InChI=1S/C66H80N2O8/c1-47-39-59(31-23-53(47)43-73-63-13-5-9-35-69-63)67(60-32-24-54(48(2)40-60)44-74-64-14-6-10-36-70-64)57-27-19-51(20-28-57)17-18-52-21-29-58(30-22-52)68(61-33-25-55(49(3)41-61)45-75-65-15-7-11-37-71-65)62-34-26-56(50(4)42-62)46-76-66-16-8-12-38-72-66/h19-34,39-42,63-66H,5-18,35-38,43-46H2,1-4H3. The third-order valence-corrected chi connectivity index (χ3v) is 15.7. The number of hydrogen-bond donors (Lipinski definition) is 0. The molecule has 6 aromatic carbocycles. The van der Waals surface area contributed by atoms with E-state index in [9.17, 15) is 0 Å². The maximum atomic E-state index is 6.22. The third kappa shape index (κ3) is 14.4. The second-order valence-corrected chi connectivity index (χ2v) is 21.4. The fraction of sp³-hybridized carbons (Fsp3) is 0.455. The molecule has 0 spiro atoms. The van der Waals surface area contributed by atoms with E-state index in [4.69, 9.17) is 37.9 Å². The Kier molecular flexibility index (Phi) is 19.0. The maximum absolute atomic E-state index is 6.22. The number of nitrogens with zero attached hydrogens (tertiary/aromatic N) is 2. The molecule has 0 amide bonds. The summed E-state index contributed by atoms with van der Waals surface area (Å²) in [6, 6.07) is 45.1. The first-order chi connectivity index (χ1) is 37.3. The average Bonchev–Trinajstić information content (AvgIpc) is 3.47. The molecular weight excluding hydrogens is 949 g/mol. The van der Waals surface area contributed by atoms with Crippen LogP contribution in [-0.2, 0) is 77.2 Å². The summed E-state index contributed by atoms with van der Waals surface area (Å²) in [6.07, 6.45) is 14.2. The van der Waals surface area contributed by atoms with Gasteiger partial charge in [0.2, 0.25) is 0 Å².